The summed E-state index contributed by atoms with van der Waals surface area (Å²) < 4.78 is 11.0. The number of hydrogen-bond donors (Lipinski definition) is 0. The molecule has 6 heteroatoms. The number of carbonyl (C=O) groups is 1. The standard InChI is InChI=1S/C16H26N2O3S/c1-16(2,3)21-15(19)18-9-4-6-13(12-18)7-5-10-20-14-17-8-11-22-14/h8,11,13H,4-7,9-10,12H2,1-3H3/t13-/m1/s1. The highest BCUT2D eigenvalue weighted by molar-refractivity contribution is 7.11. The largest absolute Gasteiger partial charge is 0.470 e. The fourth-order valence-electron chi connectivity index (χ4n) is 2.61. The quantitative estimate of drug-likeness (QED) is 0.769. The lowest BCUT2D eigenvalue weighted by Crippen LogP contribution is -2.42. The molecule has 1 amide bonds. The van der Waals surface area contributed by atoms with Gasteiger partial charge in [-0.1, -0.05) is 11.3 Å². The Balaban J connectivity index is 1.68. The molecule has 1 aliphatic rings. The molecule has 0 aliphatic carbocycles. The summed E-state index contributed by atoms with van der Waals surface area (Å²) in [4.78, 5) is 18.1. The molecule has 0 bridgehead atoms. The molecule has 124 valence electrons. The zero-order chi connectivity index (χ0) is 16.0. The molecule has 2 rings (SSSR count). The smallest absolute Gasteiger partial charge is 0.410 e. The second-order valence-corrected chi connectivity index (χ2v) is 7.58. The highest BCUT2D eigenvalue weighted by atomic mass is 32.1. The van der Waals surface area contributed by atoms with Gasteiger partial charge in [0.2, 0.25) is 0 Å². The van der Waals surface area contributed by atoms with Crippen molar-refractivity contribution in [1.82, 2.24) is 9.88 Å². The summed E-state index contributed by atoms with van der Waals surface area (Å²) in [5.74, 6) is 0.543. The molecule has 0 unspecified atom stereocenters. The summed E-state index contributed by atoms with van der Waals surface area (Å²) in [6, 6.07) is 0. The molecule has 1 fully saturated rings. The van der Waals surface area contributed by atoms with Gasteiger partial charge >= 0.3 is 6.09 Å². The highest BCUT2D eigenvalue weighted by Crippen LogP contribution is 2.23. The number of hydrogen-bond acceptors (Lipinski definition) is 5. The second kappa shape index (κ2) is 7.81. The number of rotatable bonds is 5. The Morgan fingerprint density at radius 2 is 2.32 bits per heavy atom. The SMILES string of the molecule is CC(C)(C)OC(=O)N1CCC[C@H](CCCOc2nccs2)C1. The van der Waals surface area contributed by atoms with E-state index in [1.165, 1.54) is 17.8 Å². The number of thiazole rings is 1. The van der Waals surface area contributed by atoms with Gasteiger partial charge in [-0.3, -0.25) is 0 Å². The van der Waals surface area contributed by atoms with Gasteiger partial charge in [-0.15, -0.1) is 0 Å². The van der Waals surface area contributed by atoms with Gasteiger partial charge in [0, 0.05) is 24.7 Å². The van der Waals surface area contributed by atoms with Crippen molar-refractivity contribution in [1.29, 1.82) is 0 Å². The van der Waals surface area contributed by atoms with Crippen LogP contribution in [0.4, 0.5) is 4.79 Å². The lowest BCUT2D eigenvalue weighted by Gasteiger charge is -2.34. The third-order valence-corrected chi connectivity index (χ3v) is 4.25. The molecular formula is C16H26N2O3S. The number of amides is 1. The van der Waals surface area contributed by atoms with E-state index < -0.39 is 5.60 Å². The Morgan fingerprint density at radius 1 is 1.50 bits per heavy atom. The zero-order valence-electron chi connectivity index (χ0n) is 13.7. The average Bonchev–Trinajstić information content (AvgIpc) is 2.95. The molecule has 1 aromatic heterocycles. The van der Waals surface area contributed by atoms with Crippen molar-refractivity contribution in [2.75, 3.05) is 19.7 Å². The molecule has 1 aliphatic heterocycles. The minimum absolute atomic E-state index is 0.184. The molecule has 1 saturated heterocycles. The fourth-order valence-corrected chi connectivity index (χ4v) is 3.12. The van der Waals surface area contributed by atoms with Gasteiger partial charge in [-0.2, -0.15) is 0 Å². The van der Waals surface area contributed by atoms with Gasteiger partial charge in [0.15, 0.2) is 0 Å². The van der Waals surface area contributed by atoms with E-state index in [9.17, 15) is 4.79 Å². The first-order valence-corrected chi connectivity index (χ1v) is 8.82. The molecule has 0 N–H and O–H groups in total. The Morgan fingerprint density at radius 3 is 3.00 bits per heavy atom. The van der Waals surface area contributed by atoms with E-state index in [1.807, 2.05) is 31.1 Å². The third kappa shape index (κ3) is 5.83. The summed E-state index contributed by atoms with van der Waals surface area (Å²) in [6.07, 6.45) is 5.86. The predicted octanol–water partition coefficient (Wildman–Crippen LogP) is 3.95. The molecule has 2 heterocycles. The molecule has 0 saturated carbocycles. The molecule has 0 spiro atoms. The second-order valence-electron chi connectivity index (χ2n) is 6.72. The van der Waals surface area contributed by atoms with Gasteiger partial charge in [0.25, 0.3) is 5.19 Å². The van der Waals surface area contributed by atoms with Gasteiger partial charge in [-0.25, -0.2) is 9.78 Å². The molecule has 1 aromatic rings. The van der Waals surface area contributed by atoms with Crippen LogP contribution in [0.5, 0.6) is 5.19 Å². The third-order valence-electron chi connectivity index (χ3n) is 3.56. The van der Waals surface area contributed by atoms with Crippen molar-refractivity contribution >= 4 is 17.4 Å². The van der Waals surface area contributed by atoms with Crippen LogP contribution in [0.15, 0.2) is 11.6 Å². The van der Waals surface area contributed by atoms with E-state index >= 15 is 0 Å². The Labute approximate surface area is 136 Å². The van der Waals surface area contributed by atoms with E-state index in [2.05, 4.69) is 4.98 Å². The van der Waals surface area contributed by atoms with Gasteiger partial charge in [0.1, 0.15) is 5.60 Å². The predicted molar refractivity (Wildman–Crippen MR) is 87.4 cm³/mol. The summed E-state index contributed by atoms with van der Waals surface area (Å²) in [5.41, 5.74) is -0.425. The van der Waals surface area contributed by atoms with E-state index in [1.54, 1.807) is 6.20 Å². The van der Waals surface area contributed by atoms with Crippen molar-refractivity contribution in [3.63, 3.8) is 0 Å². The maximum Gasteiger partial charge on any atom is 0.410 e. The molecule has 1 atom stereocenters. The Bertz CT molecular complexity index is 456. The number of aromatic nitrogens is 1. The zero-order valence-corrected chi connectivity index (χ0v) is 14.5. The normalized spacial score (nSPS) is 19.0. The molecular weight excluding hydrogens is 300 g/mol. The van der Waals surface area contributed by atoms with Crippen LogP contribution >= 0.6 is 11.3 Å². The van der Waals surface area contributed by atoms with Crippen LogP contribution in [-0.4, -0.2) is 41.3 Å². The van der Waals surface area contributed by atoms with E-state index in [0.717, 1.165) is 37.5 Å². The lowest BCUT2D eigenvalue weighted by atomic mass is 9.94. The summed E-state index contributed by atoms with van der Waals surface area (Å²) in [5, 5.41) is 2.65. The lowest BCUT2D eigenvalue weighted by molar-refractivity contribution is 0.0159. The first kappa shape index (κ1) is 17.1. The topological polar surface area (TPSA) is 51.7 Å². The maximum atomic E-state index is 12.1. The number of likely N-dealkylation sites (tertiary alicyclic amines) is 1. The van der Waals surface area contributed by atoms with E-state index in [-0.39, 0.29) is 6.09 Å². The fraction of sp³-hybridized carbons (Fsp3) is 0.750. The van der Waals surface area contributed by atoms with Crippen molar-refractivity contribution in [3.8, 4) is 5.19 Å². The van der Waals surface area contributed by atoms with Crippen LogP contribution in [-0.2, 0) is 4.74 Å². The van der Waals surface area contributed by atoms with Crippen molar-refractivity contribution in [2.24, 2.45) is 5.92 Å². The number of nitrogens with zero attached hydrogens (tertiary/aromatic N) is 2. The van der Waals surface area contributed by atoms with Crippen LogP contribution in [0.1, 0.15) is 46.5 Å². The minimum Gasteiger partial charge on any atom is -0.470 e. The maximum absolute atomic E-state index is 12.1. The van der Waals surface area contributed by atoms with Gasteiger partial charge in [0.05, 0.1) is 6.61 Å². The Kier molecular flexibility index (Phi) is 6.06. The van der Waals surface area contributed by atoms with Gasteiger partial charge < -0.3 is 14.4 Å². The monoisotopic (exact) mass is 326 g/mol. The first-order chi connectivity index (χ1) is 10.4. The van der Waals surface area contributed by atoms with Crippen LogP contribution in [0.3, 0.4) is 0 Å². The van der Waals surface area contributed by atoms with E-state index in [4.69, 9.17) is 9.47 Å². The van der Waals surface area contributed by atoms with Crippen LogP contribution in [0, 0.1) is 5.92 Å². The van der Waals surface area contributed by atoms with Crippen molar-refractivity contribution in [2.45, 2.75) is 52.1 Å². The highest BCUT2D eigenvalue weighted by Gasteiger charge is 2.27. The van der Waals surface area contributed by atoms with Crippen LogP contribution < -0.4 is 4.74 Å². The number of carbonyl (C=O) groups excluding carboxylic acids is 1. The van der Waals surface area contributed by atoms with Gasteiger partial charge in [-0.05, 0) is 52.4 Å². The Hall–Kier alpha value is -1.30. The van der Waals surface area contributed by atoms with Crippen molar-refractivity contribution < 1.29 is 14.3 Å². The summed E-state index contributed by atoms with van der Waals surface area (Å²) in [7, 11) is 0. The summed E-state index contributed by atoms with van der Waals surface area (Å²) >= 11 is 1.52. The number of ether oxygens (including phenoxy) is 2. The van der Waals surface area contributed by atoms with Crippen LogP contribution in [0.2, 0.25) is 0 Å². The molecule has 5 nitrogen and oxygen atoms in total. The number of piperidine rings is 1. The van der Waals surface area contributed by atoms with Crippen molar-refractivity contribution in [3.05, 3.63) is 11.6 Å². The molecule has 22 heavy (non-hydrogen) atoms. The summed E-state index contributed by atoms with van der Waals surface area (Å²) in [6.45, 7) is 8.01. The van der Waals surface area contributed by atoms with E-state index in [0.29, 0.717) is 12.5 Å². The molecule has 0 aromatic carbocycles. The van der Waals surface area contributed by atoms with Crippen LogP contribution in [0.25, 0.3) is 0 Å². The average molecular weight is 326 g/mol. The first-order valence-electron chi connectivity index (χ1n) is 7.94. The minimum atomic E-state index is -0.425. The molecule has 0 radical (unpaired) electrons.